The second-order valence-corrected chi connectivity index (χ2v) is 8.88. The van der Waals surface area contributed by atoms with Crippen molar-refractivity contribution < 1.29 is 24.2 Å². The van der Waals surface area contributed by atoms with E-state index in [2.05, 4.69) is 4.98 Å². The number of fused-ring (bicyclic) bond motifs is 1. The zero-order chi connectivity index (χ0) is 24.5. The SMILES string of the molecule is CCOc1ccc([C@@H]2/C(=C(\O)c3ccccc3)C(=O)C(=O)N2c2nc3ccc(OC)cc3s2)cc1. The standard InChI is InChI=1S/C27H22N2O5S/c1-3-34-18-11-9-16(10-12-18)23-22(24(30)17-7-5-4-6-8-17)25(31)26(32)29(23)27-28-20-14-13-19(33-2)15-21(20)35-27/h4-15,23,30H,3H2,1-2H3/b24-22+/t23-/m1/s1. The summed E-state index contributed by atoms with van der Waals surface area (Å²) in [6, 6.07) is 20.5. The van der Waals surface area contributed by atoms with Crippen molar-refractivity contribution in [2.45, 2.75) is 13.0 Å². The second-order valence-electron chi connectivity index (χ2n) is 7.87. The van der Waals surface area contributed by atoms with E-state index in [0.29, 0.717) is 39.9 Å². The molecule has 1 fully saturated rings. The summed E-state index contributed by atoms with van der Waals surface area (Å²) < 4.78 is 11.7. The number of carbonyl (C=O) groups excluding carboxylic acids is 2. The van der Waals surface area contributed by atoms with Crippen LogP contribution in [0.15, 0.2) is 78.4 Å². The summed E-state index contributed by atoms with van der Waals surface area (Å²) in [5.41, 5.74) is 1.81. The first-order chi connectivity index (χ1) is 17.0. The number of methoxy groups -OCH3 is 1. The lowest BCUT2D eigenvalue weighted by Crippen LogP contribution is -2.29. The first-order valence-corrected chi connectivity index (χ1v) is 11.9. The minimum Gasteiger partial charge on any atom is -0.507 e. The molecule has 0 aliphatic carbocycles. The molecule has 176 valence electrons. The van der Waals surface area contributed by atoms with Gasteiger partial charge in [-0.25, -0.2) is 4.98 Å². The van der Waals surface area contributed by atoms with Crippen LogP contribution >= 0.6 is 11.3 Å². The number of Topliss-reactive ketones (excluding diaryl/α,β-unsaturated/α-hetero) is 1. The van der Waals surface area contributed by atoms with E-state index in [-0.39, 0.29) is 11.3 Å². The molecule has 1 aliphatic rings. The molecule has 1 amide bonds. The average molecular weight is 487 g/mol. The fourth-order valence-electron chi connectivity index (χ4n) is 4.13. The van der Waals surface area contributed by atoms with Crippen molar-refractivity contribution in [1.29, 1.82) is 0 Å². The molecule has 3 aromatic carbocycles. The van der Waals surface area contributed by atoms with Crippen LogP contribution in [0.3, 0.4) is 0 Å². The number of carbonyl (C=O) groups is 2. The molecule has 0 bridgehead atoms. The van der Waals surface area contributed by atoms with Gasteiger partial charge >= 0.3 is 5.91 Å². The van der Waals surface area contributed by atoms with Crippen molar-refractivity contribution >= 4 is 44.1 Å². The van der Waals surface area contributed by atoms with Crippen LogP contribution in [0, 0.1) is 0 Å². The number of thiazole rings is 1. The molecule has 1 saturated heterocycles. The lowest BCUT2D eigenvalue weighted by atomic mass is 9.95. The minimum absolute atomic E-state index is 0.0159. The number of hydrogen-bond donors (Lipinski definition) is 1. The summed E-state index contributed by atoms with van der Waals surface area (Å²) in [6.07, 6.45) is 0. The Kier molecular flexibility index (Phi) is 5.96. The van der Waals surface area contributed by atoms with E-state index in [9.17, 15) is 14.7 Å². The molecule has 7 nitrogen and oxygen atoms in total. The monoisotopic (exact) mass is 486 g/mol. The van der Waals surface area contributed by atoms with Gasteiger partial charge in [0.2, 0.25) is 0 Å². The molecule has 5 rings (SSSR count). The van der Waals surface area contributed by atoms with Gasteiger partial charge in [-0.05, 0) is 42.8 Å². The number of ether oxygens (including phenoxy) is 2. The number of amides is 1. The van der Waals surface area contributed by atoms with Crippen molar-refractivity contribution in [1.82, 2.24) is 4.98 Å². The molecular formula is C27H22N2O5S. The van der Waals surface area contributed by atoms with Crippen molar-refractivity contribution in [3.63, 3.8) is 0 Å². The summed E-state index contributed by atoms with van der Waals surface area (Å²) in [7, 11) is 1.58. The van der Waals surface area contributed by atoms with Crippen molar-refractivity contribution in [2.24, 2.45) is 0 Å². The van der Waals surface area contributed by atoms with E-state index < -0.39 is 17.7 Å². The largest absolute Gasteiger partial charge is 0.507 e. The highest BCUT2D eigenvalue weighted by Crippen LogP contribution is 2.44. The molecule has 4 aromatic rings. The molecule has 35 heavy (non-hydrogen) atoms. The molecule has 1 aromatic heterocycles. The number of benzene rings is 3. The van der Waals surface area contributed by atoms with Gasteiger partial charge in [0, 0.05) is 5.56 Å². The van der Waals surface area contributed by atoms with Gasteiger partial charge in [-0.1, -0.05) is 53.8 Å². The quantitative estimate of drug-likeness (QED) is 0.225. The normalized spacial score (nSPS) is 17.2. The van der Waals surface area contributed by atoms with Gasteiger partial charge in [0.15, 0.2) is 5.13 Å². The summed E-state index contributed by atoms with van der Waals surface area (Å²) in [5, 5.41) is 11.5. The van der Waals surface area contributed by atoms with E-state index in [4.69, 9.17) is 9.47 Å². The van der Waals surface area contributed by atoms with Crippen LogP contribution in [0.5, 0.6) is 11.5 Å². The number of nitrogens with zero attached hydrogens (tertiary/aromatic N) is 2. The van der Waals surface area contributed by atoms with Gasteiger partial charge in [0.25, 0.3) is 5.78 Å². The predicted molar refractivity (Wildman–Crippen MR) is 135 cm³/mol. The maximum absolute atomic E-state index is 13.4. The zero-order valence-electron chi connectivity index (χ0n) is 19.1. The van der Waals surface area contributed by atoms with Crippen LogP contribution in [0.25, 0.3) is 16.0 Å². The highest BCUT2D eigenvalue weighted by molar-refractivity contribution is 7.22. The number of anilines is 1. The second kappa shape index (κ2) is 9.23. The van der Waals surface area contributed by atoms with Crippen LogP contribution in [-0.4, -0.2) is 35.5 Å². The smallest absolute Gasteiger partial charge is 0.301 e. The summed E-state index contributed by atoms with van der Waals surface area (Å²) in [4.78, 5) is 32.6. The number of hydrogen-bond acceptors (Lipinski definition) is 7. The number of aliphatic hydroxyl groups excluding tert-OH is 1. The maximum atomic E-state index is 13.4. The third-order valence-corrected chi connectivity index (χ3v) is 6.81. The Labute approximate surface area is 205 Å². The Morgan fingerprint density at radius 3 is 2.43 bits per heavy atom. The number of aliphatic hydroxyl groups is 1. The summed E-state index contributed by atoms with van der Waals surface area (Å²) in [5.74, 6) is -0.396. The molecule has 0 unspecified atom stereocenters. The summed E-state index contributed by atoms with van der Waals surface area (Å²) >= 11 is 1.28. The highest BCUT2D eigenvalue weighted by atomic mass is 32.1. The van der Waals surface area contributed by atoms with Crippen molar-refractivity contribution in [2.75, 3.05) is 18.6 Å². The molecule has 8 heteroatoms. The molecule has 0 spiro atoms. The molecule has 1 N–H and O–H groups in total. The first-order valence-electron chi connectivity index (χ1n) is 11.1. The minimum atomic E-state index is -0.853. The Morgan fingerprint density at radius 2 is 1.74 bits per heavy atom. The Balaban J connectivity index is 1.69. The topological polar surface area (TPSA) is 89.0 Å². The van der Waals surface area contributed by atoms with Gasteiger partial charge in [-0.15, -0.1) is 0 Å². The Morgan fingerprint density at radius 1 is 1.03 bits per heavy atom. The maximum Gasteiger partial charge on any atom is 0.301 e. The number of rotatable bonds is 6. The van der Waals surface area contributed by atoms with Crippen LogP contribution < -0.4 is 14.4 Å². The molecule has 0 radical (unpaired) electrons. The predicted octanol–water partition coefficient (Wildman–Crippen LogP) is 5.33. The lowest BCUT2D eigenvalue weighted by Gasteiger charge is -2.23. The number of aromatic nitrogens is 1. The van der Waals surface area contributed by atoms with Gasteiger partial charge in [0.05, 0.1) is 35.5 Å². The molecule has 1 aliphatic heterocycles. The van der Waals surface area contributed by atoms with Crippen LogP contribution in [0.2, 0.25) is 0 Å². The molecule has 0 saturated carbocycles. The third kappa shape index (κ3) is 4.02. The van der Waals surface area contributed by atoms with E-state index in [1.165, 1.54) is 16.2 Å². The van der Waals surface area contributed by atoms with Crippen LogP contribution in [-0.2, 0) is 9.59 Å². The van der Waals surface area contributed by atoms with Crippen LogP contribution in [0.4, 0.5) is 5.13 Å². The highest BCUT2D eigenvalue weighted by Gasteiger charge is 2.48. The van der Waals surface area contributed by atoms with E-state index in [0.717, 1.165) is 4.70 Å². The van der Waals surface area contributed by atoms with Crippen molar-refractivity contribution in [3.8, 4) is 11.5 Å². The summed E-state index contributed by atoms with van der Waals surface area (Å²) in [6.45, 7) is 2.41. The van der Waals surface area contributed by atoms with E-state index in [1.54, 1.807) is 67.8 Å². The molecule has 1 atom stereocenters. The third-order valence-electron chi connectivity index (χ3n) is 5.79. The van der Waals surface area contributed by atoms with Gasteiger partial charge < -0.3 is 14.6 Å². The number of ketones is 1. The Bertz CT molecular complexity index is 1440. The van der Waals surface area contributed by atoms with E-state index >= 15 is 0 Å². The zero-order valence-corrected chi connectivity index (χ0v) is 19.9. The fraction of sp³-hybridized carbons (Fsp3) is 0.148. The molecule has 2 heterocycles. The fourth-order valence-corrected chi connectivity index (χ4v) is 5.15. The Hall–Kier alpha value is -4.17. The van der Waals surface area contributed by atoms with Crippen LogP contribution in [0.1, 0.15) is 24.1 Å². The van der Waals surface area contributed by atoms with E-state index in [1.807, 2.05) is 19.1 Å². The van der Waals surface area contributed by atoms with Gasteiger partial charge in [0.1, 0.15) is 17.3 Å². The molecular weight excluding hydrogens is 464 g/mol. The van der Waals surface area contributed by atoms with Gasteiger partial charge in [-0.2, -0.15) is 0 Å². The lowest BCUT2D eigenvalue weighted by molar-refractivity contribution is -0.132. The van der Waals surface area contributed by atoms with Crippen molar-refractivity contribution in [3.05, 3.63) is 89.5 Å². The van der Waals surface area contributed by atoms with Gasteiger partial charge in [-0.3, -0.25) is 14.5 Å². The average Bonchev–Trinajstić information content (AvgIpc) is 3.42. The first kappa shape index (κ1) is 22.6.